The van der Waals surface area contributed by atoms with Crippen LogP contribution in [0, 0.1) is 0 Å². The van der Waals surface area contributed by atoms with Crippen molar-refractivity contribution >= 4 is 5.78 Å². The summed E-state index contributed by atoms with van der Waals surface area (Å²) in [5, 5.41) is 0. The molecule has 0 radical (unpaired) electrons. The van der Waals surface area contributed by atoms with Gasteiger partial charge in [0.05, 0.1) is 0 Å². The average molecular weight is 254 g/mol. The van der Waals surface area contributed by atoms with Gasteiger partial charge in [-0.15, -0.1) is 0 Å². The van der Waals surface area contributed by atoms with E-state index in [-0.39, 0.29) is 5.78 Å². The lowest BCUT2D eigenvalue weighted by Gasteiger charge is -1.94. The SMILES string of the molecule is C=C\C=C/C(/C=C/C(=O)c1ccccc1)=C\C.CC. The Labute approximate surface area is 116 Å². The van der Waals surface area contributed by atoms with Gasteiger partial charge in [0.15, 0.2) is 5.78 Å². The van der Waals surface area contributed by atoms with Crippen molar-refractivity contribution in [1.29, 1.82) is 0 Å². The number of carbonyl (C=O) groups excluding carboxylic acids is 1. The van der Waals surface area contributed by atoms with Crippen LogP contribution in [0.4, 0.5) is 0 Å². The van der Waals surface area contributed by atoms with E-state index >= 15 is 0 Å². The van der Waals surface area contributed by atoms with Crippen LogP contribution < -0.4 is 0 Å². The molecule has 1 nitrogen and oxygen atoms in total. The first-order valence-corrected chi connectivity index (χ1v) is 6.51. The summed E-state index contributed by atoms with van der Waals surface area (Å²) in [7, 11) is 0. The predicted molar refractivity (Wildman–Crippen MR) is 84.4 cm³/mol. The molecule has 0 heterocycles. The van der Waals surface area contributed by atoms with E-state index in [0.29, 0.717) is 5.56 Å². The Balaban J connectivity index is 0.00000154. The maximum Gasteiger partial charge on any atom is 0.185 e. The van der Waals surface area contributed by atoms with Gasteiger partial charge < -0.3 is 0 Å². The molecular formula is C18H22O. The first-order valence-electron chi connectivity index (χ1n) is 6.51. The second-order valence-corrected chi connectivity index (χ2v) is 3.45. The molecule has 0 aliphatic heterocycles. The van der Waals surface area contributed by atoms with Crippen molar-refractivity contribution in [1.82, 2.24) is 0 Å². The highest BCUT2D eigenvalue weighted by molar-refractivity contribution is 6.04. The van der Waals surface area contributed by atoms with E-state index in [1.54, 1.807) is 18.2 Å². The molecule has 0 spiro atoms. The molecule has 1 aromatic rings. The summed E-state index contributed by atoms with van der Waals surface area (Å²) >= 11 is 0. The van der Waals surface area contributed by atoms with Crippen LogP contribution in [-0.4, -0.2) is 5.78 Å². The van der Waals surface area contributed by atoms with Crippen molar-refractivity contribution in [2.24, 2.45) is 0 Å². The zero-order valence-corrected chi connectivity index (χ0v) is 12.0. The van der Waals surface area contributed by atoms with Crippen molar-refractivity contribution in [3.05, 3.63) is 84.5 Å². The van der Waals surface area contributed by atoms with Crippen LogP contribution in [0.5, 0.6) is 0 Å². The topological polar surface area (TPSA) is 17.1 Å². The molecule has 0 N–H and O–H groups in total. The highest BCUT2D eigenvalue weighted by Crippen LogP contribution is 2.04. The molecule has 1 rings (SSSR count). The molecule has 0 atom stereocenters. The predicted octanol–water partition coefficient (Wildman–Crippen LogP) is 5.14. The Morgan fingerprint density at radius 2 is 1.68 bits per heavy atom. The van der Waals surface area contributed by atoms with Crippen LogP contribution in [0.25, 0.3) is 0 Å². The van der Waals surface area contributed by atoms with Crippen LogP contribution in [0.1, 0.15) is 31.1 Å². The van der Waals surface area contributed by atoms with E-state index in [0.717, 1.165) is 5.57 Å². The fourth-order valence-electron chi connectivity index (χ4n) is 1.30. The molecule has 0 saturated heterocycles. The van der Waals surface area contributed by atoms with E-state index in [1.807, 2.05) is 69.3 Å². The van der Waals surface area contributed by atoms with Crippen LogP contribution in [0.2, 0.25) is 0 Å². The Kier molecular flexibility index (Phi) is 9.73. The van der Waals surface area contributed by atoms with Crippen molar-refractivity contribution in [3.63, 3.8) is 0 Å². The molecule has 0 fully saturated rings. The molecule has 0 amide bonds. The van der Waals surface area contributed by atoms with Crippen LogP contribution in [0.15, 0.2) is 78.9 Å². The van der Waals surface area contributed by atoms with Gasteiger partial charge in [-0.1, -0.05) is 81.1 Å². The van der Waals surface area contributed by atoms with Gasteiger partial charge in [-0.2, -0.15) is 0 Å². The molecule has 0 aliphatic rings. The summed E-state index contributed by atoms with van der Waals surface area (Å²) in [6.07, 6.45) is 10.8. The third-order valence-electron chi connectivity index (χ3n) is 2.24. The quantitative estimate of drug-likeness (QED) is 0.404. The fraction of sp³-hybridized carbons (Fsp3) is 0.167. The monoisotopic (exact) mass is 254 g/mol. The summed E-state index contributed by atoms with van der Waals surface area (Å²) in [6.45, 7) is 9.54. The molecule has 0 unspecified atom stereocenters. The molecule has 1 heteroatoms. The smallest absolute Gasteiger partial charge is 0.185 e. The standard InChI is InChI=1S/C16H16O.C2H6/c1-3-5-9-14(4-2)12-13-16(17)15-10-7-6-8-11-15;1-2/h3-13H,1H2,2H3;1-2H3/b9-5-,13-12+,14-4+;. The van der Waals surface area contributed by atoms with Crippen molar-refractivity contribution in [2.45, 2.75) is 20.8 Å². The number of rotatable bonds is 5. The second-order valence-electron chi connectivity index (χ2n) is 3.45. The summed E-state index contributed by atoms with van der Waals surface area (Å²) in [6, 6.07) is 9.22. The third kappa shape index (κ3) is 6.99. The zero-order chi connectivity index (χ0) is 14.5. The highest BCUT2D eigenvalue weighted by Gasteiger charge is 1.98. The van der Waals surface area contributed by atoms with E-state index in [9.17, 15) is 4.79 Å². The Bertz CT molecular complexity index is 462. The first-order chi connectivity index (χ1) is 9.27. The molecule has 0 bridgehead atoms. The number of hydrogen-bond donors (Lipinski definition) is 0. The molecule has 1 aromatic carbocycles. The van der Waals surface area contributed by atoms with Gasteiger partial charge in [-0.05, 0) is 18.6 Å². The summed E-state index contributed by atoms with van der Waals surface area (Å²) < 4.78 is 0. The molecule has 100 valence electrons. The lowest BCUT2D eigenvalue weighted by Crippen LogP contribution is -1.92. The van der Waals surface area contributed by atoms with Gasteiger partial charge in [0.2, 0.25) is 0 Å². The largest absolute Gasteiger partial charge is 0.289 e. The summed E-state index contributed by atoms with van der Waals surface area (Å²) in [5.41, 5.74) is 1.68. The number of carbonyl (C=O) groups is 1. The zero-order valence-electron chi connectivity index (χ0n) is 12.0. The average Bonchev–Trinajstić information content (AvgIpc) is 2.50. The number of hydrogen-bond acceptors (Lipinski definition) is 1. The Morgan fingerprint density at radius 3 is 2.21 bits per heavy atom. The van der Waals surface area contributed by atoms with Crippen LogP contribution in [-0.2, 0) is 0 Å². The van der Waals surface area contributed by atoms with Gasteiger partial charge in [0.1, 0.15) is 0 Å². The van der Waals surface area contributed by atoms with Crippen molar-refractivity contribution in [2.75, 3.05) is 0 Å². The molecular weight excluding hydrogens is 232 g/mol. The maximum atomic E-state index is 11.8. The van der Waals surface area contributed by atoms with Gasteiger partial charge in [-0.25, -0.2) is 0 Å². The first kappa shape index (κ1) is 16.9. The third-order valence-corrected chi connectivity index (χ3v) is 2.24. The molecule has 0 aromatic heterocycles. The summed E-state index contributed by atoms with van der Waals surface area (Å²) in [5.74, 6) is 0.0111. The molecule has 0 aliphatic carbocycles. The lowest BCUT2D eigenvalue weighted by atomic mass is 10.1. The van der Waals surface area contributed by atoms with Gasteiger partial charge >= 0.3 is 0 Å². The van der Waals surface area contributed by atoms with Crippen molar-refractivity contribution < 1.29 is 4.79 Å². The van der Waals surface area contributed by atoms with Crippen LogP contribution >= 0.6 is 0 Å². The summed E-state index contributed by atoms with van der Waals surface area (Å²) in [4.78, 5) is 11.8. The minimum atomic E-state index is 0.0111. The number of allylic oxidation sites excluding steroid dienone is 7. The lowest BCUT2D eigenvalue weighted by molar-refractivity contribution is 0.104. The Morgan fingerprint density at radius 1 is 1.05 bits per heavy atom. The molecule has 19 heavy (non-hydrogen) atoms. The molecule has 0 saturated carbocycles. The minimum Gasteiger partial charge on any atom is -0.289 e. The second kappa shape index (κ2) is 11.0. The minimum absolute atomic E-state index is 0.0111. The number of ketones is 1. The van der Waals surface area contributed by atoms with E-state index in [2.05, 4.69) is 6.58 Å². The fourth-order valence-corrected chi connectivity index (χ4v) is 1.30. The maximum absolute atomic E-state index is 11.8. The normalized spacial score (nSPS) is 11.2. The van der Waals surface area contributed by atoms with Gasteiger partial charge in [0, 0.05) is 5.56 Å². The van der Waals surface area contributed by atoms with Crippen LogP contribution in [0.3, 0.4) is 0 Å². The van der Waals surface area contributed by atoms with Gasteiger partial charge in [0.25, 0.3) is 0 Å². The van der Waals surface area contributed by atoms with E-state index in [1.165, 1.54) is 0 Å². The highest BCUT2D eigenvalue weighted by atomic mass is 16.1. The van der Waals surface area contributed by atoms with Crippen molar-refractivity contribution in [3.8, 4) is 0 Å². The number of benzene rings is 1. The van der Waals surface area contributed by atoms with E-state index < -0.39 is 0 Å². The van der Waals surface area contributed by atoms with Gasteiger partial charge in [-0.3, -0.25) is 4.79 Å². The van der Waals surface area contributed by atoms with E-state index in [4.69, 9.17) is 0 Å². The Hall–Kier alpha value is -2.15.